The van der Waals surface area contributed by atoms with Crippen LogP contribution in [0, 0.1) is 6.92 Å². The lowest BCUT2D eigenvalue weighted by atomic mass is 10.1. The molecule has 0 aliphatic carbocycles. The second-order valence-corrected chi connectivity index (χ2v) is 9.46. The van der Waals surface area contributed by atoms with E-state index >= 15 is 0 Å². The van der Waals surface area contributed by atoms with Gasteiger partial charge in [-0.15, -0.1) is 11.3 Å². The Kier molecular flexibility index (Phi) is 6.14. The first-order valence-electron chi connectivity index (χ1n) is 8.91. The van der Waals surface area contributed by atoms with Gasteiger partial charge in [-0.2, -0.15) is 0 Å². The Hall–Kier alpha value is -2.09. The largest absolute Gasteiger partial charge is 0.298 e. The van der Waals surface area contributed by atoms with Crippen molar-refractivity contribution in [3.8, 4) is 11.3 Å². The lowest BCUT2D eigenvalue weighted by Crippen LogP contribution is -2.14. The first-order valence-corrected chi connectivity index (χ1v) is 11.8. The zero-order chi connectivity index (χ0) is 19.3. The highest BCUT2D eigenvalue weighted by atomic mass is 32.2. The number of hydrogen-bond acceptors (Lipinski definition) is 6. The van der Waals surface area contributed by atoms with Crippen LogP contribution in [0.3, 0.4) is 0 Å². The van der Waals surface area contributed by atoms with E-state index in [0.717, 1.165) is 39.2 Å². The quantitative estimate of drug-likeness (QED) is 0.569. The van der Waals surface area contributed by atoms with Crippen LogP contribution in [0.25, 0.3) is 11.3 Å². The van der Waals surface area contributed by atoms with Crippen molar-refractivity contribution < 1.29 is 4.79 Å². The lowest BCUT2D eigenvalue weighted by Gasteiger charge is -2.08. The highest BCUT2D eigenvalue weighted by Gasteiger charge is 2.15. The highest BCUT2D eigenvalue weighted by Crippen LogP contribution is 2.28. The summed E-state index contributed by atoms with van der Waals surface area (Å²) in [4.78, 5) is 21.9. The molecule has 0 atom stereocenters. The number of aryl methyl sites for hydroxylation is 1. The van der Waals surface area contributed by atoms with E-state index in [1.54, 1.807) is 23.5 Å². The van der Waals surface area contributed by atoms with Crippen LogP contribution in [-0.2, 0) is 5.75 Å². The Morgan fingerprint density at radius 1 is 1.18 bits per heavy atom. The molecule has 0 bridgehead atoms. The van der Waals surface area contributed by atoms with E-state index in [0.29, 0.717) is 10.7 Å². The molecule has 1 amide bonds. The molecule has 1 N–H and O–H groups in total. The Balaban J connectivity index is 1.46. The van der Waals surface area contributed by atoms with E-state index in [1.165, 1.54) is 16.9 Å². The Bertz CT molecular complexity index is 1010. The van der Waals surface area contributed by atoms with Gasteiger partial charge in [-0.3, -0.25) is 15.1 Å². The van der Waals surface area contributed by atoms with Gasteiger partial charge in [0.25, 0.3) is 5.91 Å². The van der Waals surface area contributed by atoms with Crippen molar-refractivity contribution in [2.75, 3.05) is 17.6 Å². The summed E-state index contributed by atoms with van der Waals surface area (Å²) < 4.78 is 1.11. The number of amides is 1. The first kappa shape index (κ1) is 19.2. The maximum absolute atomic E-state index is 12.8. The van der Waals surface area contributed by atoms with Crippen molar-refractivity contribution >= 4 is 50.3 Å². The number of nitrogens with one attached hydrogen (secondary N) is 1. The molecule has 0 spiro atoms. The van der Waals surface area contributed by atoms with Gasteiger partial charge in [0.15, 0.2) is 5.13 Å². The molecule has 28 heavy (non-hydrogen) atoms. The number of hydrogen-bond donors (Lipinski definition) is 1. The van der Waals surface area contributed by atoms with Crippen LogP contribution in [0.15, 0.2) is 58.9 Å². The molecule has 0 unspecified atom stereocenters. The number of aromatic nitrogens is 1. The molecule has 4 nitrogen and oxygen atoms in total. The number of carbonyl (C=O) groups is 1. The summed E-state index contributed by atoms with van der Waals surface area (Å²) in [7, 11) is 0. The molecule has 0 fully saturated rings. The molecule has 2 heterocycles. The predicted molar refractivity (Wildman–Crippen MR) is 123 cm³/mol. The number of thioether (sulfide) groups is 2. The summed E-state index contributed by atoms with van der Waals surface area (Å²) in [5.41, 5.74) is 4.83. The molecule has 142 valence electrons. The van der Waals surface area contributed by atoms with Crippen LogP contribution in [0.4, 0.5) is 5.13 Å². The van der Waals surface area contributed by atoms with Crippen molar-refractivity contribution in [1.82, 2.24) is 4.98 Å². The Morgan fingerprint density at radius 2 is 2.00 bits per heavy atom. The number of thiazole rings is 1. The van der Waals surface area contributed by atoms with Gasteiger partial charge in [0, 0.05) is 28.0 Å². The van der Waals surface area contributed by atoms with Crippen molar-refractivity contribution in [1.29, 1.82) is 0 Å². The third-order valence-electron chi connectivity index (χ3n) is 4.24. The van der Waals surface area contributed by atoms with Gasteiger partial charge in [-0.1, -0.05) is 71.6 Å². The molecule has 3 aromatic rings. The highest BCUT2D eigenvalue weighted by molar-refractivity contribution is 8.38. The van der Waals surface area contributed by atoms with Crippen LogP contribution in [0.1, 0.15) is 21.5 Å². The number of anilines is 1. The van der Waals surface area contributed by atoms with Crippen LogP contribution in [0.2, 0.25) is 0 Å². The SMILES string of the molecule is Cc1ccc(-c2csc(NC(=O)c3ccccc3CSC3=NCCS3)n2)cc1. The molecule has 0 saturated carbocycles. The van der Waals surface area contributed by atoms with Gasteiger partial charge in [-0.25, -0.2) is 4.98 Å². The molecule has 0 saturated heterocycles. The van der Waals surface area contributed by atoms with E-state index < -0.39 is 0 Å². The number of carbonyl (C=O) groups excluding carboxylic acids is 1. The fourth-order valence-corrected chi connectivity index (χ4v) is 5.49. The predicted octanol–water partition coefficient (Wildman–Crippen LogP) is 5.71. The molecule has 1 aromatic heterocycles. The van der Waals surface area contributed by atoms with Crippen molar-refractivity contribution in [3.63, 3.8) is 0 Å². The van der Waals surface area contributed by atoms with Crippen LogP contribution < -0.4 is 5.32 Å². The summed E-state index contributed by atoms with van der Waals surface area (Å²) in [6.45, 7) is 2.95. The van der Waals surface area contributed by atoms with Gasteiger partial charge >= 0.3 is 0 Å². The van der Waals surface area contributed by atoms with Crippen LogP contribution in [-0.4, -0.2) is 27.6 Å². The topological polar surface area (TPSA) is 54.4 Å². The lowest BCUT2D eigenvalue weighted by molar-refractivity contribution is 0.102. The Morgan fingerprint density at radius 3 is 2.79 bits per heavy atom. The van der Waals surface area contributed by atoms with Gasteiger partial charge in [-0.05, 0) is 18.6 Å². The Labute approximate surface area is 176 Å². The van der Waals surface area contributed by atoms with E-state index in [2.05, 4.69) is 34.3 Å². The number of rotatable bonds is 5. The summed E-state index contributed by atoms with van der Waals surface area (Å²) in [5, 5.41) is 5.53. The summed E-state index contributed by atoms with van der Waals surface area (Å²) in [6, 6.07) is 15.9. The minimum absolute atomic E-state index is 0.123. The third-order valence-corrected chi connectivity index (χ3v) is 7.30. The van der Waals surface area contributed by atoms with Crippen LogP contribution in [0.5, 0.6) is 0 Å². The maximum Gasteiger partial charge on any atom is 0.257 e. The molecule has 1 aliphatic heterocycles. The van der Waals surface area contributed by atoms with E-state index in [9.17, 15) is 4.79 Å². The fraction of sp³-hybridized carbons (Fsp3) is 0.190. The first-order chi connectivity index (χ1) is 13.7. The van der Waals surface area contributed by atoms with E-state index in [1.807, 2.05) is 41.8 Å². The molecule has 4 rings (SSSR count). The number of aliphatic imine (C=N–C) groups is 1. The van der Waals surface area contributed by atoms with Crippen LogP contribution >= 0.6 is 34.9 Å². The smallest absolute Gasteiger partial charge is 0.257 e. The van der Waals surface area contributed by atoms with Crippen molar-refractivity contribution in [2.24, 2.45) is 4.99 Å². The monoisotopic (exact) mass is 425 g/mol. The molecule has 1 aliphatic rings. The maximum atomic E-state index is 12.8. The normalized spacial score (nSPS) is 13.4. The molecule has 2 aromatic carbocycles. The van der Waals surface area contributed by atoms with E-state index in [4.69, 9.17) is 0 Å². The second-order valence-electron chi connectivity index (χ2n) is 6.30. The molecule has 7 heteroatoms. The third kappa shape index (κ3) is 4.66. The fourth-order valence-electron chi connectivity index (χ4n) is 2.76. The summed E-state index contributed by atoms with van der Waals surface area (Å²) in [6.07, 6.45) is 0. The summed E-state index contributed by atoms with van der Waals surface area (Å²) >= 11 is 4.92. The van der Waals surface area contributed by atoms with E-state index in [-0.39, 0.29) is 5.91 Å². The molecular weight excluding hydrogens is 406 g/mol. The molecular formula is C21H19N3OS3. The zero-order valence-electron chi connectivity index (χ0n) is 15.3. The van der Waals surface area contributed by atoms with Gasteiger partial charge in [0.05, 0.1) is 12.2 Å². The number of nitrogens with zero attached hydrogens (tertiary/aromatic N) is 2. The standard InChI is InChI=1S/C21H19N3OS3/c1-14-6-8-15(9-7-14)18-13-27-20(23-18)24-19(25)17-5-3-2-4-16(17)12-28-21-22-10-11-26-21/h2-9,13H,10-12H2,1H3,(H,23,24,25). The van der Waals surface area contributed by atoms with Gasteiger partial charge < -0.3 is 0 Å². The van der Waals surface area contributed by atoms with Crippen molar-refractivity contribution in [2.45, 2.75) is 12.7 Å². The van der Waals surface area contributed by atoms with Crippen molar-refractivity contribution in [3.05, 3.63) is 70.6 Å². The minimum Gasteiger partial charge on any atom is -0.298 e. The average molecular weight is 426 g/mol. The average Bonchev–Trinajstić information content (AvgIpc) is 3.39. The summed E-state index contributed by atoms with van der Waals surface area (Å²) in [5.74, 6) is 1.67. The van der Waals surface area contributed by atoms with Gasteiger partial charge in [0.1, 0.15) is 4.38 Å². The molecule has 0 radical (unpaired) electrons. The van der Waals surface area contributed by atoms with Gasteiger partial charge in [0.2, 0.25) is 0 Å². The zero-order valence-corrected chi connectivity index (χ0v) is 17.8. The second kappa shape index (κ2) is 8.94. The number of benzene rings is 2. The minimum atomic E-state index is -0.123.